The molecule has 9 nitrogen and oxygen atoms in total. The molecule has 11 heteroatoms. The summed E-state index contributed by atoms with van der Waals surface area (Å²) in [6.07, 6.45) is 1.15. The second-order valence-corrected chi connectivity index (χ2v) is 10.9. The molecular weight excluding hydrogens is 440 g/mol. The highest BCUT2D eigenvalue weighted by Crippen LogP contribution is 2.36. The van der Waals surface area contributed by atoms with Crippen molar-refractivity contribution in [1.29, 1.82) is 0 Å². The Labute approximate surface area is 184 Å². The molecule has 0 radical (unpaired) electrons. The minimum absolute atomic E-state index is 0.00431. The number of thiazole rings is 1. The highest BCUT2D eigenvalue weighted by molar-refractivity contribution is 7.91. The number of carboxylic acid groups (broad SMARTS) is 1. The lowest BCUT2D eigenvalue weighted by molar-refractivity contribution is -0.136. The largest absolute Gasteiger partial charge is 0.481 e. The van der Waals surface area contributed by atoms with Gasteiger partial charge in [0.1, 0.15) is 0 Å². The number of sulfonamides is 1. The van der Waals surface area contributed by atoms with Crippen LogP contribution in [0.2, 0.25) is 0 Å². The second-order valence-electron chi connectivity index (χ2n) is 7.73. The van der Waals surface area contributed by atoms with Gasteiger partial charge in [0.05, 0.1) is 36.5 Å². The first-order valence-electron chi connectivity index (χ1n) is 9.99. The number of nitrogens with zero attached hydrogens (tertiary/aromatic N) is 4. The summed E-state index contributed by atoms with van der Waals surface area (Å²) in [5, 5.41) is 15.0. The first kappa shape index (κ1) is 21.7. The number of rotatable bonds is 7. The van der Waals surface area contributed by atoms with E-state index in [9.17, 15) is 18.3 Å². The van der Waals surface area contributed by atoms with Crippen LogP contribution in [-0.2, 0) is 21.2 Å². The van der Waals surface area contributed by atoms with Crippen molar-refractivity contribution in [3.8, 4) is 5.19 Å². The smallest absolute Gasteiger partial charge is 0.309 e. The van der Waals surface area contributed by atoms with Gasteiger partial charge in [-0.25, -0.2) is 13.4 Å². The Hall–Kier alpha value is -2.50. The molecule has 1 aliphatic heterocycles. The van der Waals surface area contributed by atoms with Gasteiger partial charge in [-0.2, -0.15) is 9.40 Å². The second kappa shape index (κ2) is 8.21. The van der Waals surface area contributed by atoms with Crippen molar-refractivity contribution in [2.45, 2.75) is 37.4 Å². The van der Waals surface area contributed by atoms with E-state index in [-0.39, 0.29) is 29.1 Å². The fraction of sp³-hybridized carbons (Fsp3) is 0.450. The SMILES string of the molecule is CCOc1ncc(S(=O)(=O)N2C[C@@H](C)[C@@H](n3nc(CC(=O)O)c4ccc(C)cc43)C2)s1. The van der Waals surface area contributed by atoms with Crippen LogP contribution in [-0.4, -0.2) is 58.3 Å². The predicted molar refractivity (Wildman–Crippen MR) is 116 cm³/mol. The number of carbonyl (C=O) groups is 1. The van der Waals surface area contributed by atoms with E-state index >= 15 is 0 Å². The van der Waals surface area contributed by atoms with Gasteiger partial charge in [0.15, 0.2) is 4.21 Å². The number of hydrogen-bond donors (Lipinski definition) is 1. The molecule has 2 aromatic heterocycles. The molecule has 0 amide bonds. The number of aryl methyl sites for hydroxylation is 1. The Morgan fingerprint density at radius 1 is 1.35 bits per heavy atom. The van der Waals surface area contributed by atoms with Crippen LogP contribution in [0.3, 0.4) is 0 Å². The number of fused-ring (bicyclic) bond motifs is 1. The van der Waals surface area contributed by atoms with E-state index in [1.54, 1.807) is 4.68 Å². The summed E-state index contributed by atoms with van der Waals surface area (Å²) in [5.74, 6) is -0.957. The molecule has 1 saturated heterocycles. The maximum atomic E-state index is 13.2. The summed E-state index contributed by atoms with van der Waals surface area (Å²) < 4.78 is 35.1. The maximum Gasteiger partial charge on any atom is 0.309 e. The van der Waals surface area contributed by atoms with Crippen molar-refractivity contribution in [1.82, 2.24) is 19.1 Å². The zero-order chi connectivity index (χ0) is 22.3. The van der Waals surface area contributed by atoms with Gasteiger partial charge in [0.2, 0.25) is 0 Å². The lowest BCUT2D eigenvalue weighted by Crippen LogP contribution is -2.29. The first-order valence-corrected chi connectivity index (χ1v) is 12.2. The molecule has 4 rings (SSSR count). The summed E-state index contributed by atoms with van der Waals surface area (Å²) >= 11 is 1.01. The van der Waals surface area contributed by atoms with Gasteiger partial charge < -0.3 is 9.84 Å². The third kappa shape index (κ3) is 4.04. The Morgan fingerprint density at radius 2 is 2.13 bits per heavy atom. The van der Waals surface area contributed by atoms with E-state index in [1.165, 1.54) is 10.5 Å². The zero-order valence-electron chi connectivity index (χ0n) is 17.5. The van der Waals surface area contributed by atoms with Crippen LogP contribution in [0.4, 0.5) is 0 Å². The van der Waals surface area contributed by atoms with Crippen molar-refractivity contribution < 1.29 is 23.1 Å². The van der Waals surface area contributed by atoms with Gasteiger partial charge in [0.25, 0.3) is 15.2 Å². The molecule has 0 spiro atoms. The van der Waals surface area contributed by atoms with Crippen molar-refractivity contribution >= 4 is 38.2 Å². The molecule has 3 aromatic rings. The van der Waals surface area contributed by atoms with Crippen LogP contribution in [0.15, 0.2) is 28.6 Å². The Bertz CT molecular complexity index is 1230. The number of aromatic nitrogens is 3. The predicted octanol–water partition coefficient (Wildman–Crippen LogP) is 2.71. The fourth-order valence-corrected chi connectivity index (χ4v) is 6.67. The molecule has 1 N–H and O–H groups in total. The van der Waals surface area contributed by atoms with Crippen LogP contribution >= 0.6 is 11.3 Å². The summed E-state index contributed by atoms with van der Waals surface area (Å²) in [4.78, 5) is 15.4. The van der Waals surface area contributed by atoms with Gasteiger partial charge in [-0.1, -0.05) is 30.4 Å². The van der Waals surface area contributed by atoms with Gasteiger partial charge in [0, 0.05) is 18.5 Å². The molecular formula is C20H24N4O5S2. The summed E-state index contributed by atoms with van der Waals surface area (Å²) in [6, 6.07) is 5.57. The van der Waals surface area contributed by atoms with Crippen LogP contribution in [0.1, 0.15) is 31.1 Å². The van der Waals surface area contributed by atoms with E-state index in [0.29, 0.717) is 24.0 Å². The molecule has 1 aliphatic rings. The van der Waals surface area contributed by atoms with Gasteiger partial charge >= 0.3 is 5.97 Å². The molecule has 1 aromatic carbocycles. The van der Waals surface area contributed by atoms with Crippen LogP contribution in [0, 0.1) is 12.8 Å². The number of ether oxygens (including phenoxy) is 1. The molecule has 166 valence electrons. The number of benzene rings is 1. The molecule has 0 bridgehead atoms. The van der Waals surface area contributed by atoms with E-state index < -0.39 is 16.0 Å². The average molecular weight is 465 g/mol. The normalized spacial score (nSPS) is 19.8. The Balaban J connectivity index is 1.68. The fourth-order valence-electron chi connectivity index (χ4n) is 3.94. The lowest BCUT2D eigenvalue weighted by atomic mass is 10.1. The standard InChI is InChI=1S/C20H24N4O5S2/c1-4-29-20-21-9-19(30-20)31(27,28)23-10-13(3)17(11-23)24-16-7-12(2)5-6-14(16)15(22-24)8-18(25)26/h5-7,9,13,17H,4,8,10-11H2,1-3H3,(H,25,26)/t13-,17+/m1/s1. The van der Waals surface area contributed by atoms with E-state index in [1.807, 2.05) is 39.0 Å². The Morgan fingerprint density at radius 3 is 2.84 bits per heavy atom. The highest BCUT2D eigenvalue weighted by atomic mass is 32.2. The van der Waals surface area contributed by atoms with Crippen molar-refractivity contribution in [2.75, 3.05) is 19.7 Å². The minimum Gasteiger partial charge on any atom is -0.481 e. The van der Waals surface area contributed by atoms with Crippen molar-refractivity contribution in [3.63, 3.8) is 0 Å². The summed E-state index contributed by atoms with van der Waals surface area (Å²) in [7, 11) is -3.71. The Kier molecular flexibility index (Phi) is 5.75. The van der Waals surface area contributed by atoms with Crippen LogP contribution in [0.5, 0.6) is 5.19 Å². The topological polar surface area (TPSA) is 115 Å². The average Bonchev–Trinajstić information content (AvgIpc) is 3.40. The number of carboxylic acids is 1. The first-order chi connectivity index (χ1) is 14.7. The third-order valence-electron chi connectivity index (χ3n) is 5.44. The van der Waals surface area contributed by atoms with Gasteiger partial charge in [-0.15, -0.1) is 0 Å². The van der Waals surface area contributed by atoms with Gasteiger partial charge in [-0.3, -0.25) is 9.48 Å². The molecule has 0 unspecified atom stereocenters. The summed E-state index contributed by atoms with van der Waals surface area (Å²) in [5.41, 5.74) is 2.34. The third-order valence-corrected chi connectivity index (χ3v) is 8.61. The highest BCUT2D eigenvalue weighted by Gasteiger charge is 2.40. The molecule has 3 heterocycles. The molecule has 0 aliphatic carbocycles. The number of hydrogen-bond acceptors (Lipinski definition) is 7. The quantitative estimate of drug-likeness (QED) is 0.572. The number of aliphatic carboxylic acids is 1. The molecule has 1 fully saturated rings. The van der Waals surface area contributed by atoms with Crippen LogP contribution < -0.4 is 4.74 Å². The maximum absolute atomic E-state index is 13.2. The van der Waals surface area contributed by atoms with Crippen molar-refractivity contribution in [3.05, 3.63) is 35.7 Å². The lowest BCUT2D eigenvalue weighted by Gasteiger charge is -2.17. The minimum atomic E-state index is -3.71. The molecule has 2 atom stereocenters. The zero-order valence-corrected chi connectivity index (χ0v) is 19.1. The van der Waals surface area contributed by atoms with E-state index in [0.717, 1.165) is 27.8 Å². The monoisotopic (exact) mass is 464 g/mol. The molecule has 31 heavy (non-hydrogen) atoms. The van der Waals surface area contributed by atoms with E-state index in [4.69, 9.17) is 4.74 Å². The van der Waals surface area contributed by atoms with Gasteiger partial charge in [-0.05, 0) is 31.4 Å². The van der Waals surface area contributed by atoms with Crippen molar-refractivity contribution in [2.24, 2.45) is 5.92 Å². The van der Waals surface area contributed by atoms with E-state index in [2.05, 4.69) is 10.1 Å². The summed E-state index contributed by atoms with van der Waals surface area (Å²) in [6.45, 7) is 6.77. The molecule has 0 saturated carbocycles. The van der Waals surface area contributed by atoms with Crippen LogP contribution in [0.25, 0.3) is 10.9 Å².